The minimum absolute atomic E-state index is 0.0770. The van der Waals surface area contributed by atoms with Crippen LogP contribution in [0.25, 0.3) is 10.8 Å². The average Bonchev–Trinajstić information content (AvgIpc) is 2.64. The lowest BCUT2D eigenvalue weighted by Gasteiger charge is -2.25. The summed E-state index contributed by atoms with van der Waals surface area (Å²) in [6, 6.07) is 10.2. The van der Waals surface area contributed by atoms with E-state index in [-0.39, 0.29) is 10.6 Å². The second-order valence-corrected chi connectivity index (χ2v) is 6.24. The first-order valence-electron chi connectivity index (χ1n) is 7.84. The minimum Gasteiger partial charge on any atom is -0.319 e. The quantitative estimate of drug-likeness (QED) is 0.728. The van der Waals surface area contributed by atoms with Crippen molar-refractivity contribution < 1.29 is 9.18 Å². The first-order valence-corrected chi connectivity index (χ1v) is 8.22. The highest BCUT2D eigenvalue weighted by Crippen LogP contribution is 2.24. The largest absolute Gasteiger partial charge is 0.322 e. The highest BCUT2D eigenvalue weighted by atomic mass is 35.5. The molecule has 3 aromatic rings. The third kappa shape index (κ3) is 3.39. The van der Waals surface area contributed by atoms with Crippen LogP contribution in [0, 0.1) is 5.82 Å². The van der Waals surface area contributed by atoms with Crippen LogP contribution in [0.5, 0.6) is 0 Å². The molecule has 0 spiro atoms. The molecule has 2 amide bonds. The number of carbonyl (C=O) groups is 1. The molecule has 1 heterocycles. The second-order valence-electron chi connectivity index (χ2n) is 5.83. The van der Waals surface area contributed by atoms with Gasteiger partial charge < -0.3 is 10.2 Å². The van der Waals surface area contributed by atoms with Gasteiger partial charge in [0.15, 0.2) is 0 Å². The lowest BCUT2D eigenvalue weighted by Crippen LogP contribution is -2.34. The Balaban J connectivity index is 1.86. The Morgan fingerprint density at radius 3 is 2.65 bits per heavy atom. The van der Waals surface area contributed by atoms with Gasteiger partial charge in [0.25, 0.3) is 5.56 Å². The Morgan fingerprint density at radius 2 is 1.96 bits per heavy atom. The van der Waals surface area contributed by atoms with E-state index in [9.17, 15) is 14.0 Å². The Morgan fingerprint density at radius 1 is 1.27 bits per heavy atom. The van der Waals surface area contributed by atoms with Crippen LogP contribution in [0.2, 0.25) is 5.02 Å². The van der Waals surface area contributed by atoms with E-state index >= 15 is 0 Å². The second kappa shape index (κ2) is 7.13. The molecule has 0 saturated heterocycles. The summed E-state index contributed by atoms with van der Waals surface area (Å²) in [6.45, 7) is 1.80. The van der Waals surface area contributed by atoms with Crippen LogP contribution in [0.3, 0.4) is 0 Å². The van der Waals surface area contributed by atoms with Crippen molar-refractivity contribution in [3.63, 3.8) is 0 Å². The summed E-state index contributed by atoms with van der Waals surface area (Å²) in [5, 5.41) is 10.3. The van der Waals surface area contributed by atoms with Crippen molar-refractivity contribution in [1.29, 1.82) is 0 Å². The Bertz CT molecular complexity index is 1040. The van der Waals surface area contributed by atoms with Crippen LogP contribution in [-0.2, 0) is 0 Å². The number of nitrogens with zero attached hydrogens (tertiary/aromatic N) is 2. The molecule has 8 heteroatoms. The Labute approximate surface area is 153 Å². The lowest BCUT2D eigenvalue weighted by molar-refractivity contribution is 0.207. The van der Waals surface area contributed by atoms with Gasteiger partial charge in [-0.25, -0.2) is 14.3 Å². The van der Waals surface area contributed by atoms with Crippen molar-refractivity contribution in [2.45, 2.75) is 13.0 Å². The van der Waals surface area contributed by atoms with Gasteiger partial charge in [-0.1, -0.05) is 29.8 Å². The first kappa shape index (κ1) is 17.9. The zero-order valence-electron chi connectivity index (χ0n) is 14.1. The maximum absolute atomic E-state index is 13.2. The summed E-state index contributed by atoms with van der Waals surface area (Å²) >= 11 is 5.73. The number of nitrogens with one attached hydrogen (secondary N) is 2. The Kier molecular flexibility index (Phi) is 4.90. The number of hydrogen-bond acceptors (Lipinski definition) is 3. The van der Waals surface area contributed by atoms with Crippen molar-refractivity contribution in [2.75, 3.05) is 12.4 Å². The third-order valence-electron chi connectivity index (χ3n) is 4.19. The van der Waals surface area contributed by atoms with Crippen LogP contribution < -0.4 is 10.9 Å². The molecule has 134 valence electrons. The number of H-pyrrole nitrogens is 1. The number of urea groups is 1. The maximum Gasteiger partial charge on any atom is 0.322 e. The predicted molar refractivity (Wildman–Crippen MR) is 99.0 cm³/mol. The van der Waals surface area contributed by atoms with Gasteiger partial charge in [0.2, 0.25) is 0 Å². The van der Waals surface area contributed by atoms with E-state index < -0.39 is 17.9 Å². The average molecular weight is 375 g/mol. The number of aromatic nitrogens is 2. The van der Waals surface area contributed by atoms with Gasteiger partial charge in [0.05, 0.1) is 22.1 Å². The molecule has 26 heavy (non-hydrogen) atoms. The molecule has 0 radical (unpaired) electrons. The summed E-state index contributed by atoms with van der Waals surface area (Å²) in [4.78, 5) is 25.8. The molecule has 0 fully saturated rings. The molecule has 0 bridgehead atoms. The first-order chi connectivity index (χ1) is 12.4. The van der Waals surface area contributed by atoms with Gasteiger partial charge >= 0.3 is 6.03 Å². The molecule has 1 atom stereocenters. The molecular formula is C18H16ClFN4O2. The van der Waals surface area contributed by atoms with Crippen LogP contribution >= 0.6 is 11.6 Å². The van der Waals surface area contributed by atoms with Crippen molar-refractivity contribution in [2.24, 2.45) is 0 Å². The maximum atomic E-state index is 13.2. The third-order valence-corrected chi connectivity index (χ3v) is 4.48. The molecule has 2 N–H and O–H groups in total. The van der Waals surface area contributed by atoms with Crippen molar-refractivity contribution >= 4 is 34.1 Å². The lowest BCUT2D eigenvalue weighted by atomic mass is 10.1. The molecule has 6 nitrogen and oxygen atoms in total. The topological polar surface area (TPSA) is 78.1 Å². The summed E-state index contributed by atoms with van der Waals surface area (Å²) in [7, 11) is 1.60. The molecule has 1 unspecified atom stereocenters. The molecular weight excluding hydrogens is 359 g/mol. The van der Waals surface area contributed by atoms with E-state index in [1.165, 1.54) is 23.1 Å². The number of benzene rings is 2. The molecule has 3 rings (SSSR count). The molecule has 0 aliphatic rings. The van der Waals surface area contributed by atoms with E-state index in [1.807, 2.05) is 0 Å². The van der Waals surface area contributed by atoms with Gasteiger partial charge in [-0.15, -0.1) is 0 Å². The van der Waals surface area contributed by atoms with Crippen molar-refractivity contribution in [3.8, 4) is 0 Å². The number of hydrogen-bond donors (Lipinski definition) is 2. The molecule has 0 aliphatic carbocycles. The molecule has 1 aromatic heterocycles. The normalized spacial score (nSPS) is 12.0. The number of halogens is 2. The van der Waals surface area contributed by atoms with Crippen LogP contribution in [-0.4, -0.2) is 28.2 Å². The zero-order valence-corrected chi connectivity index (χ0v) is 14.8. The van der Waals surface area contributed by atoms with Gasteiger partial charge in [-0.2, -0.15) is 5.10 Å². The number of aromatic amines is 1. The summed E-state index contributed by atoms with van der Waals surface area (Å²) in [5.74, 6) is -0.560. The monoisotopic (exact) mass is 374 g/mol. The molecule has 2 aromatic carbocycles. The van der Waals surface area contributed by atoms with Crippen LogP contribution in [0.1, 0.15) is 18.7 Å². The predicted octanol–water partition coefficient (Wildman–Crippen LogP) is 3.94. The molecule has 0 saturated carbocycles. The van der Waals surface area contributed by atoms with Crippen LogP contribution in [0.4, 0.5) is 14.9 Å². The fourth-order valence-electron chi connectivity index (χ4n) is 2.60. The zero-order chi connectivity index (χ0) is 18.8. The minimum atomic E-state index is -0.560. The van der Waals surface area contributed by atoms with Gasteiger partial charge in [0.1, 0.15) is 5.82 Å². The van der Waals surface area contributed by atoms with Crippen molar-refractivity contribution in [1.82, 2.24) is 15.1 Å². The standard InChI is InChI=1S/C18H16ClFN4O2/c1-10(16-12-5-3-4-6-13(12)17(25)23-22-16)24(2)18(26)21-11-7-8-15(20)14(19)9-11/h3-10H,1-2H3,(H,21,26)(H,23,25). The summed E-state index contributed by atoms with van der Waals surface area (Å²) in [6.07, 6.45) is 0. The summed E-state index contributed by atoms with van der Waals surface area (Å²) < 4.78 is 13.2. The van der Waals surface area contributed by atoms with Crippen LogP contribution in [0.15, 0.2) is 47.3 Å². The molecule has 0 aliphatic heterocycles. The highest BCUT2D eigenvalue weighted by Gasteiger charge is 2.21. The van der Waals surface area contributed by atoms with Gasteiger partial charge in [-0.05, 0) is 31.2 Å². The van der Waals surface area contributed by atoms with E-state index in [0.29, 0.717) is 22.2 Å². The summed E-state index contributed by atoms with van der Waals surface area (Å²) in [5.41, 5.74) is 0.652. The van der Waals surface area contributed by atoms with Crippen molar-refractivity contribution in [3.05, 3.63) is 69.4 Å². The smallest absolute Gasteiger partial charge is 0.319 e. The van der Waals surface area contributed by atoms with E-state index in [4.69, 9.17) is 11.6 Å². The van der Waals surface area contributed by atoms with E-state index in [1.54, 1.807) is 38.2 Å². The Hall–Kier alpha value is -2.93. The fraction of sp³-hybridized carbons (Fsp3) is 0.167. The number of amides is 2. The number of rotatable bonds is 3. The number of anilines is 1. The highest BCUT2D eigenvalue weighted by molar-refractivity contribution is 6.31. The van der Waals surface area contributed by atoms with Gasteiger partial charge in [0, 0.05) is 18.1 Å². The fourth-order valence-corrected chi connectivity index (χ4v) is 2.78. The van der Waals surface area contributed by atoms with E-state index in [2.05, 4.69) is 15.5 Å². The number of fused-ring (bicyclic) bond motifs is 1. The van der Waals surface area contributed by atoms with Gasteiger partial charge in [-0.3, -0.25) is 4.79 Å². The van der Waals surface area contributed by atoms with E-state index in [0.717, 1.165) is 0 Å². The SMILES string of the molecule is CC(c1n[nH]c(=O)c2ccccc12)N(C)C(=O)Nc1ccc(F)c(Cl)c1. The number of carbonyl (C=O) groups excluding carboxylic acids is 1.